The second kappa shape index (κ2) is 5.30. The molecule has 0 aromatic carbocycles. The second-order valence-electron chi connectivity index (χ2n) is 5.19. The van der Waals surface area contributed by atoms with Crippen molar-refractivity contribution in [2.24, 2.45) is 0 Å². The Morgan fingerprint density at radius 1 is 1.33 bits per heavy atom. The van der Waals surface area contributed by atoms with Gasteiger partial charge in [-0.1, -0.05) is 5.92 Å². The number of hydrogen-bond donors (Lipinski definition) is 0. The van der Waals surface area contributed by atoms with Crippen LogP contribution in [0.15, 0.2) is 0 Å². The van der Waals surface area contributed by atoms with E-state index in [1.54, 1.807) is 20.8 Å². The van der Waals surface area contributed by atoms with Gasteiger partial charge in [0.1, 0.15) is 11.6 Å². The molecule has 0 aromatic rings. The molecule has 0 aromatic heterocycles. The van der Waals surface area contributed by atoms with Crippen molar-refractivity contribution in [2.75, 3.05) is 7.11 Å². The van der Waals surface area contributed by atoms with Gasteiger partial charge in [0.25, 0.3) is 0 Å². The third-order valence-electron chi connectivity index (χ3n) is 2.66. The highest BCUT2D eigenvalue weighted by Crippen LogP contribution is 2.26. The number of ether oxygens (including phenoxy) is 2. The van der Waals surface area contributed by atoms with Crippen molar-refractivity contribution in [2.45, 2.75) is 51.3 Å². The number of methoxy groups -OCH3 is 1. The summed E-state index contributed by atoms with van der Waals surface area (Å²) in [6.45, 7) is 5.29. The van der Waals surface area contributed by atoms with Crippen molar-refractivity contribution >= 4 is 12.1 Å². The fourth-order valence-corrected chi connectivity index (χ4v) is 1.91. The molecule has 5 nitrogen and oxygen atoms in total. The molecule has 1 aliphatic rings. The predicted molar refractivity (Wildman–Crippen MR) is 65.7 cm³/mol. The summed E-state index contributed by atoms with van der Waals surface area (Å²) in [7, 11) is 1.29. The van der Waals surface area contributed by atoms with E-state index in [0.29, 0.717) is 12.8 Å². The van der Waals surface area contributed by atoms with E-state index in [1.807, 2.05) is 0 Å². The Morgan fingerprint density at radius 2 is 1.94 bits per heavy atom. The lowest BCUT2D eigenvalue weighted by molar-refractivity contribution is -0.145. The molecular weight excluding hydrogens is 234 g/mol. The SMILES string of the molecule is C#C[C@H]1CCC(C(=O)OC)N1C(=O)OC(C)(C)C. The molecule has 1 fully saturated rings. The summed E-state index contributed by atoms with van der Waals surface area (Å²) in [5.74, 6) is 2.05. The number of esters is 1. The molecular formula is C13H19NO4. The highest BCUT2D eigenvalue weighted by molar-refractivity contribution is 5.82. The normalized spacial score (nSPS) is 23.4. The summed E-state index contributed by atoms with van der Waals surface area (Å²) in [4.78, 5) is 25.0. The first-order valence-electron chi connectivity index (χ1n) is 5.85. The standard InChI is InChI=1S/C13H19NO4/c1-6-9-7-8-10(11(15)17-5)14(9)12(16)18-13(2,3)4/h1,9-10H,7-8H2,2-5H3/t9-,10?/m0/s1. The number of amides is 1. The Balaban J connectivity index is 2.88. The van der Waals surface area contributed by atoms with E-state index >= 15 is 0 Å². The van der Waals surface area contributed by atoms with Crippen molar-refractivity contribution in [3.05, 3.63) is 0 Å². The lowest BCUT2D eigenvalue weighted by Crippen LogP contribution is -2.47. The summed E-state index contributed by atoms with van der Waals surface area (Å²) in [5.41, 5.74) is -0.626. The minimum Gasteiger partial charge on any atom is -0.467 e. The van der Waals surface area contributed by atoms with Crippen LogP contribution in [0.2, 0.25) is 0 Å². The summed E-state index contributed by atoms with van der Waals surface area (Å²) in [5, 5.41) is 0. The number of carbonyl (C=O) groups is 2. The minimum atomic E-state index is -0.647. The smallest absolute Gasteiger partial charge is 0.412 e. The molecule has 0 spiro atoms. The molecule has 0 saturated carbocycles. The molecule has 0 radical (unpaired) electrons. The third kappa shape index (κ3) is 3.16. The van der Waals surface area contributed by atoms with Gasteiger partial charge in [0.05, 0.1) is 13.2 Å². The van der Waals surface area contributed by atoms with Crippen LogP contribution >= 0.6 is 0 Å². The average Bonchev–Trinajstić information content (AvgIpc) is 2.69. The van der Waals surface area contributed by atoms with Crippen LogP contribution in [0.3, 0.4) is 0 Å². The molecule has 1 aliphatic heterocycles. The minimum absolute atomic E-state index is 0.413. The molecule has 0 N–H and O–H groups in total. The lowest BCUT2D eigenvalue weighted by Gasteiger charge is -2.29. The second-order valence-corrected chi connectivity index (χ2v) is 5.19. The van der Waals surface area contributed by atoms with Crippen molar-refractivity contribution in [1.29, 1.82) is 0 Å². The van der Waals surface area contributed by atoms with E-state index in [0.717, 1.165) is 0 Å². The van der Waals surface area contributed by atoms with Crippen molar-refractivity contribution in [3.8, 4) is 12.3 Å². The Kier molecular flexibility index (Phi) is 4.23. The van der Waals surface area contributed by atoms with Gasteiger partial charge in [-0.15, -0.1) is 6.42 Å². The van der Waals surface area contributed by atoms with Gasteiger partial charge >= 0.3 is 12.1 Å². The van der Waals surface area contributed by atoms with Crippen LogP contribution in [0.5, 0.6) is 0 Å². The number of likely N-dealkylation sites (tertiary alicyclic amines) is 1. The molecule has 18 heavy (non-hydrogen) atoms. The fourth-order valence-electron chi connectivity index (χ4n) is 1.91. The van der Waals surface area contributed by atoms with E-state index in [1.165, 1.54) is 12.0 Å². The zero-order chi connectivity index (χ0) is 13.9. The van der Waals surface area contributed by atoms with Gasteiger partial charge in [0.15, 0.2) is 0 Å². The Morgan fingerprint density at radius 3 is 2.39 bits per heavy atom. The van der Waals surface area contributed by atoms with Crippen molar-refractivity contribution < 1.29 is 19.1 Å². The van der Waals surface area contributed by atoms with Gasteiger partial charge < -0.3 is 9.47 Å². The van der Waals surface area contributed by atoms with E-state index in [-0.39, 0.29) is 0 Å². The monoisotopic (exact) mass is 253 g/mol. The average molecular weight is 253 g/mol. The van der Waals surface area contributed by atoms with Gasteiger partial charge in [0, 0.05) is 0 Å². The van der Waals surface area contributed by atoms with Crippen molar-refractivity contribution in [3.63, 3.8) is 0 Å². The molecule has 1 saturated heterocycles. The Hall–Kier alpha value is -1.70. The maximum Gasteiger partial charge on any atom is 0.412 e. The summed E-state index contributed by atoms with van der Waals surface area (Å²) < 4.78 is 9.94. The zero-order valence-corrected chi connectivity index (χ0v) is 11.2. The molecule has 1 amide bonds. The number of nitrogens with zero attached hydrogens (tertiary/aromatic N) is 1. The van der Waals surface area contributed by atoms with Gasteiger partial charge in [-0.2, -0.15) is 0 Å². The molecule has 2 atom stereocenters. The number of terminal acetylenes is 1. The largest absolute Gasteiger partial charge is 0.467 e. The molecule has 1 rings (SSSR count). The number of hydrogen-bond acceptors (Lipinski definition) is 4. The molecule has 1 heterocycles. The van der Waals surface area contributed by atoms with Crippen LogP contribution in [-0.4, -0.2) is 41.8 Å². The van der Waals surface area contributed by atoms with Crippen molar-refractivity contribution in [1.82, 2.24) is 4.90 Å². The summed E-state index contributed by atoms with van der Waals surface area (Å²) >= 11 is 0. The summed E-state index contributed by atoms with van der Waals surface area (Å²) in [6, 6.07) is -1.06. The van der Waals surface area contributed by atoms with Crippen LogP contribution in [0.25, 0.3) is 0 Å². The molecule has 5 heteroatoms. The van der Waals surface area contributed by atoms with Gasteiger partial charge in [-0.3, -0.25) is 4.90 Å². The molecule has 0 aliphatic carbocycles. The number of carbonyl (C=O) groups excluding carboxylic acids is 2. The first-order valence-corrected chi connectivity index (χ1v) is 5.85. The van der Waals surface area contributed by atoms with Crippen LogP contribution in [0.4, 0.5) is 4.79 Å². The van der Waals surface area contributed by atoms with Crippen LogP contribution in [-0.2, 0) is 14.3 Å². The topological polar surface area (TPSA) is 55.8 Å². The molecule has 1 unspecified atom stereocenters. The van der Waals surface area contributed by atoms with E-state index in [2.05, 4.69) is 10.7 Å². The third-order valence-corrected chi connectivity index (χ3v) is 2.66. The Labute approximate surface area is 107 Å². The van der Waals surface area contributed by atoms with E-state index in [9.17, 15) is 9.59 Å². The van der Waals surface area contributed by atoms with Gasteiger partial charge in [-0.25, -0.2) is 9.59 Å². The maximum atomic E-state index is 12.1. The lowest BCUT2D eigenvalue weighted by atomic mass is 10.2. The number of rotatable bonds is 1. The molecule has 100 valence electrons. The highest BCUT2D eigenvalue weighted by Gasteiger charge is 2.42. The Bertz CT molecular complexity index is 377. The highest BCUT2D eigenvalue weighted by atomic mass is 16.6. The van der Waals surface area contributed by atoms with Gasteiger partial charge in [-0.05, 0) is 33.6 Å². The van der Waals surface area contributed by atoms with Gasteiger partial charge in [0.2, 0.25) is 0 Å². The first kappa shape index (κ1) is 14.4. The van der Waals surface area contributed by atoms with Crippen LogP contribution < -0.4 is 0 Å². The van der Waals surface area contributed by atoms with E-state index < -0.39 is 29.7 Å². The zero-order valence-electron chi connectivity index (χ0n) is 11.2. The quantitative estimate of drug-likeness (QED) is 0.525. The van der Waals surface area contributed by atoms with E-state index in [4.69, 9.17) is 11.2 Å². The fraction of sp³-hybridized carbons (Fsp3) is 0.692. The summed E-state index contributed by atoms with van der Waals surface area (Å²) in [6.07, 6.45) is 5.89. The first-order chi connectivity index (χ1) is 8.30. The predicted octanol–water partition coefficient (Wildman–Crippen LogP) is 1.56. The van der Waals surface area contributed by atoms with Crippen LogP contribution in [0, 0.1) is 12.3 Å². The molecule has 0 bridgehead atoms. The van der Waals surface area contributed by atoms with Crippen LogP contribution in [0.1, 0.15) is 33.6 Å². The maximum absolute atomic E-state index is 12.1.